The molecule has 2 aliphatic carbocycles. The van der Waals surface area contributed by atoms with Crippen molar-refractivity contribution in [3.05, 3.63) is 11.6 Å². The molecule has 0 heterocycles. The molecule has 0 spiro atoms. The number of hydrogen-bond donors (Lipinski definition) is 1. The Labute approximate surface area is 99.7 Å². The zero-order chi connectivity index (χ0) is 12.5. The Kier molecular flexibility index (Phi) is 3.53. The highest BCUT2D eigenvalue weighted by molar-refractivity contribution is 5.19. The first-order chi connectivity index (χ1) is 7.92. The average molecular weight is 248 g/mol. The maximum Gasteiger partial charge on any atom is 0.391 e. The minimum Gasteiger partial charge on any atom is -0.386 e. The van der Waals surface area contributed by atoms with E-state index in [1.165, 1.54) is 0 Å². The molecule has 1 saturated carbocycles. The lowest BCUT2D eigenvalue weighted by Gasteiger charge is -2.39. The molecule has 1 nitrogen and oxygen atoms in total. The van der Waals surface area contributed by atoms with Crippen molar-refractivity contribution in [1.82, 2.24) is 0 Å². The first-order valence-electron chi connectivity index (χ1n) is 6.40. The van der Waals surface area contributed by atoms with E-state index in [9.17, 15) is 18.3 Å². The van der Waals surface area contributed by atoms with E-state index < -0.39 is 17.7 Å². The van der Waals surface area contributed by atoms with Gasteiger partial charge in [0.1, 0.15) is 0 Å². The van der Waals surface area contributed by atoms with E-state index in [1.54, 1.807) is 0 Å². The van der Waals surface area contributed by atoms with Gasteiger partial charge in [-0.1, -0.05) is 6.08 Å². The summed E-state index contributed by atoms with van der Waals surface area (Å²) in [6.07, 6.45) is 2.61. The first kappa shape index (κ1) is 12.9. The minimum atomic E-state index is -4.09. The van der Waals surface area contributed by atoms with Crippen LogP contribution in [0.3, 0.4) is 0 Å². The Hall–Kier alpha value is -0.510. The maximum absolute atomic E-state index is 12.5. The first-order valence-corrected chi connectivity index (χ1v) is 6.40. The van der Waals surface area contributed by atoms with E-state index in [0.717, 1.165) is 31.3 Å². The molecule has 0 bridgehead atoms. The Morgan fingerprint density at radius 3 is 2.29 bits per heavy atom. The van der Waals surface area contributed by atoms with Gasteiger partial charge in [0, 0.05) is 0 Å². The lowest BCUT2D eigenvalue weighted by Crippen LogP contribution is -2.40. The summed E-state index contributed by atoms with van der Waals surface area (Å²) in [5, 5.41) is 10.4. The summed E-state index contributed by atoms with van der Waals surface area (Å²) in [7, 11) is 0. The minimum absolute atomic E-state index is 0.0668. The number of hydrogen-bond acceptors (Lipinski definition) is 1. The van der Waals surface area contributed by atoms with Crippen LogP contribution < -0.4 is 0 Å². The molecule has 2 aliphatic rings. The molecule has 0 unspecified atom stereocenters. The number of alkyl halides is 3. The fourth-order valence-corrected chi connectivity index (χ4v) is 3.00. The van der Waals surface area contributed by atoms with Crippen LogP contribution in [0.5, 0.6) is 0 Å². The van der Waals surface area contributed by atoms with Gasteiger partial charge in [-0.05, 0) is 56.9 Å². The van der Waals surface area contributed by atoms with Crippen LogP contribution in [0.15, 0.2) is 11.6 Å². The largest absolute Gasteiger partial charge is 0.391 e. The average Bonchev–Trinajstić information content (AvgIpc) is 2.29. The second-order valence-corrected chi connectivity index (χ2v) is 5.32. The smallest absolute Gasteiger partial charge is 0.386 e. The highest BCUT2D eigenvalue weighted by Gasteiger charge is 2.46. The topological polar surface area (TPSA) is 20.2 Å². The highest BCUT2D eigenvalue weighted by atomic mass is 19.4. The Morgan fingerprint density at radius 1 is 1.18 bits per heavy atom. The zero-order valence-electron chi connectivity index (χ0n) is 9.89. The normalized spacial score (nSPS) is 35.5. The molecule has 98 valence electrons. The van der Waals surface area contributed by atoms with E-state index in [2.05, 4.69) is 0 Å². The fraction of sp³-hybridized carbons (Fsp3) is 0.846. The third kappa shape index (κ3) is 2.84. The predicted octanol–water partition coefficient (Wildman–Crippen LogP) is 3.97. The van der Waals surface area contributed by atoms with Gasteiger partial charge >= 0.3 is 6.18 Å². The molecule has 0 aliphatic heterocycles. The van der Waals surface area contributed by atoms with Crippen LogP contribution >= 0.6 is 0 Å². The van der Waals surface area contributed by atoms with Gasteiger partial charge in [-0.3, -0.25) is 0 Å². The van der Waals surface area contributed by atoms with Gasteiger partial charge < -0.3 is 5.11 Å². The summed E-state index contributed by atoms with van der Waals surface area (Å²) in [5.41, 5.74) is 0.0479. The number of aliphatic hydroxyl groups is 1. The second-order valence-electron chi connectivity index (χ2n) is 5.32. The summed E-state index contributed by atoms with van der Waals surface area (Å²) in [4.78, 5) is 0. The van der Waals surface area contributed by atoms with Crippen molar-refractivity contribution in [1.29, 1.82) is 0 Å². The number of rotatable bonds is 1. The third-order valence-electron chi connectivity index (χ3n) is 4.16. The molecule has 1 N–H and O–H groups in total. The standard InChI is InChI=1S/C13H19F3O/c14-13(15,16)11-6-8-12(17,9-7-11)10-4-2-1-3-5-10/h4,11,17H,1-3,5-9H2. The molecular formula is C13H19F3O. The summed E-state index contributed by atoms with van der Waals surface area (Å²) in [6, 6.07) is 0. The summed E-state index contributed by atoms with van der Waals surface area (Å²) in [6.45, 7) is 0. The number of halogens is 3. The molecule has 17 heavy (non-hydrogen) atoms. The van der Waals surface area contributed by atoms with Crippen molar-refractivity contribution in [2.24, 2.45) is 5.92 Å². The van der Waals surface area contributed by atoms with Gasteiger partial charge in [-0.2, -0.15) is 13.2 Å². The van der Waals surface area contributed by atoms with Crippen molar-refractivity contribution in [2.45, 2.75) is 63.1 Å². The SMILES string of the molecule is OC1(C2=CCCCC2)CCC(C(F)(F)F)CC1. The van der Waals surface area contributed by atoms with Crippen molar-refractivity contribution >= 4 is 0 Å². The Balaban J connectivity index is 1.99. The van der Waals surface area contributed by atoms with Gasteiger partial charge in [0.15, 0.2) is 0 Å². The van der Waals surface area contributed by atoms with E-state index in [1.807, 2.05) is 6.08 Å². The van der Waals surface area contributed by atoms with Crippen LogP contribution in [-0.4, -0.2) is 16.9 Å². The van der Waals surface area contributed by atoms with Crippen molar-refractivity contribution in [3.63, 3.8) is 0 Å². The van der Waals surface area contributed by atoms with Crippen LogP contribution in [0, 0.1) is 5.92 Å². The zero-order valence-corrected chi connectivity index (χ0v) is 9.89. The Morgan fingerprint density at radius 2 is 1.82 bits per heavy atom. The molecule has 0 atom stereocenters. The van der Waals surface area contributed by atoms with Crippen molar-refractivity contribution in [3.8, 4) is 0 Å². The van der Waals surface area contributed by atoms with E-state index in [4.69, 9.17) is 0 Å². The van der Waals surface area contributed by atoms with Gasteiger partial charge in [0.2, 0.25) is 0 Å². The molecule has 0 aromatic carbocycles. The van der Waals surface area contributed by atoms with Crippen LogP contribution in [-0.2, 0) is 0 Å². The molecular weight excluding hydrogens is 229 g/mol. The molecule has 0 saturated heterocycles. The van der Waals surface area contributed by atoms with Gasteiger partial charge in [-0.25, -0.2) is 0 Å². The van der Waals surface area contributed by atoms with Crippen LogP contribution in [0.25, 0.3) is 0 Å². The molecule has 0 amide bonds. The highest BCUT2D eigenvalue weighted by Crippen LogP contribution is 2.45. The fourth-order valence-electron chi connectivity index (χ4n) is 3.00. The lowest BCUT2D eigenvalue weighted by atomic mass is 9.72. The molecule has 1 fully saturated rings. The summed E-state index contributed by atoms with van der Waals surface area (Å²) >= 11 is 0. The van der Waals surface area contributed by atoms with Gasteiger partial charge in [0.25, 0.3) is 0 Å². The predicted molar refractivity (Wildman–Crippen MR) is 59.5 cm³/mol. The Bertz CT molecular complexity index is 298. The quantitative estimate of drug-likeness (QED) is 0.696. The van der Waals surface area contributed by atoms with Crippen LogP contribution in [0.4, 0.5) is 13.2 Å². The number of allylic oxidation sites excluding steroid dienone is 1. The summed E-state index contributed by atoms with van der Waals surface area (Å²) < 4.78 is 37.6. The monoisotopic (exact) mass is 248 g/mol. The van der Waals surface area contributed by atoms with Crippen LogP contribution in [0.2, 0.25) is 0 Å². The van der Waals surface area contributed by atoms with Crippen molar-refractivity contribution in [2.75, 3.05) is 0 Å². The van der Waals surface area contributed by atoms with E-state index in [0.29, 0.717) is 0 Å². The van der Waals surface area contributed by atoms with E-state index >= 15 is 0 Å². The molecule has 0 radical (unpaired) electrons. The molecule has 0 aromatic heterocycles. The van der Waals surface area contributed by atoms with E-state index in [-0.39, 0.29) is 25.7 Å². The third-order valence-corrected chi connectivity index (χ3v) is 4.16. The second kappa shape index (κ2) is 4.63. The van der Waals surface area contributed by atoms with Crippen LogP contribution in [0.1, 0.15) is 51.4 Å². The molecule has 4 heteroatoms. The maximum atomic E-state index is 12.5. The molecule has 2 rings (SSSR count). The lowest BCUT2D eigenvalue weighted by molar-refractivity contribution is -0.190. The van der Waals surface area contributed by atoms with Gasteiger partial charge in [-0.15, -0.1) is 0 Å². The summed E-state index contributed by atoms with van der Waals surface area (Å²) in [5.74, 6) is -1.22. The van der Waals surface area contributed by atoms with Crippen molar-refractivity contribution < 1.29 is 18.3 Å². The molecule has 0 aromatic rings. The van der Waals surface area contributed by atoms with Gasteiger partial charge in [0.05, 0.1) is 11.5 Å².